The molecule has 0 aliphatic heterocycles. The summed E-state index contributed by atoms with van der Waals surface area (Å²) >= 11 is 0. The predicted molar refractivity (Wildman–Crippen MR) is 84.1 cm³/mol. The van der Waals surface area contributed by atoms with Crippen molar-refractivity contribution in [1.29, 1.82) is 0 Å². The number of ketones is 1. The summed E-state index contributed by atoms with van der Waals surface area (Å²) in [4.78, 5) is 12.4. The molecule has 0 amide bonds. The zero-order chi connectivity index (χ0) is 15.7. The fourth-order valence-corrected chi connectivity index (χ4v) is 7.26. The van der Waals surface area contributed by atoms with Crippen molar-refractivity contribution in [2.24, 2.45) is 34.5 Å². The quantitative estimate of drug-likeness (QED) is 0.723. The smallest absolute Gasteiger partial charge is 0.139 e. The Morgan fingerprint density at radius 1 is 1.05 bits per heavy atom. The van der Waals surface area contributed by atoms with Crippen LogP contribution in [0.4, 0.5) is 0 Å². The maximum atomic E-state index is 12.4. The van der Waals surface area contributed by atoms with Gasteiger partial charge in [0.25, 0.3) is 0 Å². The van der Waals surface area contributed by atoms with Crippen LogP contribution in [0.3, 0.4) is 0 Å². The molecule has 3 heteroatoms. The topological polar surface area (TPSA) is 57.5 Å². The molecule has 0 saturated heterocycles. The third-order valence-electron chi connectivity index (χ3n) is 8.23. The van der Waals surface area contributed by atoms with E-state index in [0.717, 1.165) is 25.7 Å². The van der Waals surface area contributed by atoms with Crippen LogP contribution in [0.2, 0.25) is 0 Å². The zero-order valence-corrected chi connectivity index (χ0v) is 13.9. The molecule has 0 aromatic carbocycles. The monoisotopic (exact) mass is 306 g/mol. The average molecular weight is 306 g/mol. The highest BCUT2D eigenvalue weighted by atomic mass is 16.3. The molecule has 3 nitrogen and oxygen atoms in total. The van der Waals surface area contributed by atoms with Crippen molar-refractivity contribution in [3.63, 3.8) is 0 Å². The molecule has 0 spiro atoms. The second-order valence-corrected chi connectivity index (χ2v) is 9.11. The normalized spacial score (nSPS) is 57.9. The maximum absolute atomic E-state index is 12.4. The van der Waals surface area contributed by atoms with Gasteiger partial charge >= 0.3 is 0 Å². The number of Topliss-reactive ketones (excluding diaryl/α,β-unsaturated/α-hetero) is 1. The molecule has 4 aliphatic carbocycles. The Morgan fingerprint density at radius 3 is 2.59 bits per heavy atom. The highest BCUT2D eigenvalue weighted by Crippen LogP contribution is 2.65. The molecule has 0 aromatic heterocycles. The molecule has 22 heavy (non-hydrogen) atoms. The Kier molecular flexibility index (Phi) is 3.30. The van der Waals surface area contributed by atoms with Gasteiger partial charge in [0.15, 0.2) is 0 Å². The third kappa shape index (κ3) is 1.78. The summed E-state index contributed by atoms with van der Waals surface area (Å²) in [5.41, 5.74) is -0.273. The second-order valence-electron chi connectivity index (χ2n) is 9.11. The molecule has 4 rings (SSSR count). The van der Waals surface area contributed by atoms with E-state index in [0.29, 0.717) is 36.4 Å². The van der Waals surface area contributed by atoms with Crippen LogP contribution in [0.1, 0.15) is 65.2 Å². The van der Waals surface area contributed by atoms with Crippen molar-refractivity contribution < 1.29 is 15.0 Å². The molecule has 8 atom stereocenters. The van der Waals surface area contributed by atoms with E-state index in [-0.39, 0.29) is 29.0 Å². The lowest BCUT2D eigenvalue weighted by atomic mass is 9.44. The molecule has 0 heterocycles. The minimum atomic E-state index is -0.369. The molecule has 2 N–H and O–H groups in total. The lowest BCUT2D eigenvalue weighted by Crippen LogP contribution is -2.61. The fraction of sp³-hybridized carbons (Fsp3) is 0.947. The first kappa shape index (κ1) is 15.1. The van der Waals surface area contributed by atoms with Gasteiger partial charge in [0.1, 0.15) is 5.78 Å². The number of aliphatic hydroxyl groups excluding tert-OH is 2. The summed E-state index contributed by atoms with van der Waals surface area (Å²) in [6, 6.07) is 0. The number of rotatable bonds is 0. The molecule has 4 fully saturated rings. The van der Waals surface area contributed by atoms with Crippen LogP contribution in [0.15, 0.2) is 0 Å². The van der Waals surface area contributed by atoms with Crippen molar-refractivity contribution >= 4 is 5.78 Å². The second kappa shape index (κ2) is 4.80. The van der Waals surface area contributed by atoms with Crippen LogP contribution in [-0.2, 0) is 4.79 Å². The van der Waals surface area contributed by atoms with Crippen LogP contribution in [0.5, 0.6) is 0 Å². The molecule has 0 radical (unpaired) electrons. The van der Waals surface area contributed by atoms with Gasteiger partial charge in [-0.15, -0.1) is 0 Å². The Balaban J connectivity index is 1.74. The lowest BCUT2D eigenvalue weighted by Gasteiger charge is -2.62. The molecule has 0 aromatic rings. The number of hydrogen-bond donors (Lipinski definition) is 2. The highest BCUT2D eigenvalue weighted by Gasteiger charge is 2.64. The number of aliphatic hydroxyl groups is 2. The van der Waals surface area contributed by atoms with E-state index in [1.165, 1.54) is 12.8 Å². The van der Waals surface area contributed by atoms with Gasteiger partial charge in [-0.1, -0.05) is 26.7 Å². The van der Waals surface area contributed by atoms with Crippen molar-refractivity contribution in [2.75, 3.05) is 0 Å². The summed E-state index contributed by atoms with van der Waals surface area (Å²) in [6.45, 7) is 4.40. The Bertz CT molecular complexity index is 489. The number of carbonyl (C=O) groups excluding carboxylic acids is 1. The van der Waals surface area contributed by atoms with Crippen molar-refractivity contribution in [3.05, 3.63) is 0 Å². The van der Waals surface area contributed by atoms with E-state index >= 15 is 0 Å². The molecule has 4 aliphatic rings. The van der Waals surface area contributed by atoms with E-state index in [1.807, 2.05) is 0 Å². The summed E-state index contributed by atoms with van der Waals surface area (Å²) in [5.74, 6) is 1.68. The number of hydrogen-bond acceptors (Lipinski definition) is 3. The summed E-state index contributed by atoms with van der Waals surface area (Å²) in [5, 5.41) is 21.8. The van der Waals surface area contributed by atoms with E-state index in [4.69, 9.17) is 0 Å². The van der Waals surface area contributed by atoms with Gasteiger partial charge in [-0.2, -0.15) is 0 Å². The van der Waals surface area contributed by atoms with Crippen LogP contribution in [0.25, 0.3) is 0 Å². The average Bonchev–Trinajstić information content (AvgIpc) is 2.74. The van der Waals surface area contributed by atoms with Gasteiger partial charge in [0.05, 0.1) is 12.2 Å². The highest BCUT2D eigenvalue weighted by molar-refractivity contribution is 5.87. The van der Waals surface area contributed by atoms with Gasteiger partial charge in [0, 0.05) is 11.8 Å². The third-order valence-corrected chi connectivity index (χ3v) is 8.23. The van der Waals surface area contributed by atoms with Crippen molar-refractivity contribution in [1.82, 2.24) is 0 Å². The Labute approximate surface area is 133 Å². The predicted octanol–water partition coefficient (Wildman–Crippen LogP) is 2.93. The number of fused-ring (bicyclic) bond motifs is 5. The minimum Gasteiger partial charge on any atom is -0.393 e. The van der Waals surface area contributed by atoms with E-state index in [9.17, 15) is 15.0 Å². The van der Waals surface area contributed by atoms with Gasteiger partial charge < -0.3 is 10.2 Å². The van der Waals surface area contributed by atoms with Crippen molar-refractivity contribution in [2.45, 2.75) is 77.4 Å². The maximum Gasteiger partial charge on any atom is 0.139 e. The largest absolute Gasteiger partial charge is 0.393 e. The molecule has 4 saturated carbocycles. The molecule has 124 valence electrons. The van der Waals surface area contributed by atoms with Crippen molar-refractivity contribution in [3.8, 4) is 0 Å². The molecular weight excluding hydrogens is 276 g/mol. The molecular formula is C19H30O3. The zero-order valence-electron chi connectivity index (χ0n) is 13.9. The summed E-state index contributed by atoms with van der Waals surface area (Å²) < 4.78 is 0. The van der Waals surface area contributed by atoms with Gasteiger partial charge in [-0.25, -0.2) is 0 Å². The van der Waals surface area contributed by atoms with Gasteiger partial charge in [-0.3, -0.25) is 4.79 Å². The molecule has 0 bridgehead atoms. The van der Waals surface area contributed by atoms with Crippen LogP contribution in [-0.4, -0.2) is 28.2 Å². The lowest BCUT2D eigenvalue weighted by molar-refractivity contribution is -0.194. The van der Waals surface area contributed by atoms with Crippen LogP contribution < -0.4 is 0 Å². The van der Waals surface area contributed by atoms with E-state index in [2.05, 4.69) is 13.8 Å². The van der Waals surface area contributed by atoms with Crippen LogP contribution in [0, 0.1) is 34.5 Å². The summed E-state index contributed by atoms with van der Waals surface area (Å²) in [7, 11) is 0. The SMILES string of the molecule is CC12CC(O)C3C(CC(O)C4CCCCC43C)C1CCC2=O. The van der Waals surface area contributed by atoms with Crippen LogP contribution >= 0.6 is 0 Å². The Hall–Kier alpha value is -0.410. The standard InChI is InChI=1S/C19H30O3/c1-18-8-4-3-5-13(18)14(20)9-11-12-6-7-16(22)19(12,2)10-15(21)17(11)18/h11-15,17,20-21H,3-10H2,1-2H3. The Morgan fingerprint density at radius 2 is 1.82 bits per heavy atom. The summed E-state index contributed by atoms with van der Waals surface area (Å²) in [6.07, 6.45) is 7.15. The first-order valence-electron chi connectivity index (χ1n) is 9.27. The first-order valence-corrected chi connectivity index (χ1v) is 9.27. The van der Waals surface area contributed by atoms with Gasteiger partial charge in [-0.05, 0) is 61.2 Å². The minimum absolute atomic E-state index is 0.0625. The fourth-order valence-electron chi connectivity index (χ4n) is 7.26. The first-order chi connectivity index (χ1) is 10.4. The molecule has 8 unspecified atom stereocenters. The van der Waals surface area contributed by atoms with E-state index < -0.39 is 0 Å². The van der Waals surface area contributed by atoms with E-state index in [1.54, 1.807) is 0 Å². The number of carbonyl (C=O) groups is 1. The van der Waals surface area contributed by atoms with Gasteiger partial charge in [0.2, 0.25) is 0 Å².